The zero-order chi connectivity index (χ0) is 31.2. The number of hydrogen-bond acceptors (Lipinski definition) is 5. The molecule has 0 aliphatic carbocycles. The van der Waals surface area contributed by atoms with Crippen molar-refractivity contribution in [2.75, 3.05) is 11.9 Å². The lowest BCUT2D eigenvalue weighted by molar-refractivity contribution is -0.116. The third-order valence-electron chi connectivity index (χ3n) is 8.33. The molecule has 2 aliphatic heterocycles. The molecule has 7 rings (SSSR count). The van der Waals surface area contributed by atoms with Crippen LogP contribution in [0.4, 0.5) is 5.69 Å². The fourth-order valence-corrected chi connectivity index (χ4v) is 6.16. The first-order chi connectivity index (χ1) is 21.8. The van der Waals surface area contributed by atoms with Crippen molar-refractivity contribution < 1.29 is 19.2 Å². The van der Waals surface area contributed by atoms with E-state index < -0.39 is 24.3 Å². The predicted octanol–water partition coefficient (Wildman–Crippen LogP) is 6.43. The normalized spacial score (nSPS) is 14.1. The second kappa shape index (κ2) is 11.0. The van der Waals surface area contributed by atoms with Gasteiger partial charge in [-0.15, -0.1) is 0 Å². The van der Waals surface area contributed by atoms with Gasteiger partial charge in [0.1, 0.15) is 12.2 Å². The highest BCUT2D eigenvalue weighted by Crippen LogP contribution is 2.40. The topological polar surface area (TPSA) is 101 Å². The van der Waals surface area contributed by atoms with E-state index in [1.54, 1.807) is 36.4 Å². The number of rotatable bonds is 6. The van der Waals surface area contributed by atoms with Crippen LogP contribution >= 0.6 is 0 Å². The number of carbonyl (C=O) groups excluding carboxylic acids is 4. The summed E-state index contributed by atoms with van der Waals surface area (Å²) < 4.78 is 1.53. The minimum atomic E-state index is -0.493. The molecule has 2 aliphatic rings. The van der Waals surface area contributed by atoms with E-state index in [1.165, 1.54) is 4.68 Å². The number of benzene rings is 4. The van der Waals surface area contributed by atoms with Gasteiger partial charge in [0, 0.05) is 28.8 Å². The highest BCUT2D eigenvalue weighted by molar-refractivity contribution is 6.23. The molecule has 0 saturated heterocycles. The highest BCUT2D eigenvalue weighted by atomic mass is 16.2. The average molecular weight is 593 g/mol. The highest BCUT2D eigenvalue weighted by Gasteiger charge is 2.36. The lowest BCUT2D eigenvalue weighted by Crippen LogP contribution is -2.37. The Morgan fingerprint density at radius 1 is 0.733 bits per heavy atom. The summed E-state index contributed by atoms with van der Waals surface area (Å²) in [5.41, 5.74) is 8.54. The SMILES string of the molecule is CC1=C(c2ccc(NC(=O)CN3C(=O)c4ccccc4C3=O)c(C)c2)C(=O)n2nc(-c3ccccc3)c(-c3ccccc3)c2C1. The molecule has 0 bridgehead atoms. The fourth-order valence-electron chi connectivity index (χ4n) is 6.16. The van der Waals surface area contributed by atoms with Crippen LogP contribution in [0.15, 0.2) is 109 Å². The number of allylic oxidation sites excluding steroid dienone is 2. The number of amides is 3. The Kier molecular flexibility index (Phi) is 6.82. The fraction of sp³-hybridized carbons (Fsp3) is 0.108. The molecule has 5 aromatic rings. The van der Waals surface area contributed by atoms with Gasteiger partial charge in [-0.25, -0.2) is 0 Å². The Morgan fingerprint density at radius 2 is 1.33 bits per heavy atom. The minimum Gasteiger partial charge on any atom is -0.324 e. The van der Waals surface area contributed by atoms with Crippen molar-refractivity contribution in [3.8, 4) is 22.4 Å². The van der Waals surface area contributed by atoms with Crippen molar-refractivity contribution in [1.82, 2.24) is 14.7 Å². The molecule has 0 saturated carbocycles. The van der Waals surface area contributed by atoms with Crippen molar-refractivity contribution in [2.45, 2.75) is 20.3 Å². The number of aromatic nitrogens is 2. The molecule has 0 radical (unpaired) electrons. The van der Waals surface area contributed by atoms with Gasteiger partial charge in [-0.1, -0.05) is 84.4 Å². The molecule has 1 N–H and O–H groups in total. The summed E-state index contributed by atoms with van der Waals surface area (Å²) in [5.74, 6) is -1.68. The van der Waals surface area contributed by atoms with Gasteiger partial charge < -0.3 is 5.32 Å². The maximum atomic E-state index is 14.1. The summed E-state index contributed by atoms with van der Waals surface area (Å²) in [5, 5.41) is 7.68. The van der Waals surface area contributed by atoms with Crippen LogP contribution in [0.3, 0.4) is 0 Å². The summed E-state index contributed by atoms with van der Waals surface area (Å²) in [6, 6.07) is 31.8. The molecule has 0 atom stereocenters. The maximum Gasteiger partial charge on any atom is 0.279 e. The van der Waals surface area contributed by atoms with Crippen LogP contribution in [0.2, 0.25) is 0 Å². The van der Waals surface area contributed by atoms with Gasteiger partial charge in [0.2, 0.25) is 5.91 Å². The van der Waals surface area contributed by atoms with Gasteiger partial charge in [-0.05, 0) is 54.8 Å². The quantitative estimate of drug-likeness (QED) is 0.229. The standard InChI is InChI=1S/C37H28N4O4/c1-22-19-26(17-18-29(22)38-31(42)21-40-35(43)27-15-9-10-16-28(27)36(40)44)32-23(2)20-30-33(24-11-5-3-6-12-24)34(39-41(30)37(32)45)25-13-7-4-8-14-25/h3-19H,20-21H2,1-2H3,(H,38,42). The lowest BCUT2D eigenvalue weighted by atomic mass is 9.90. The Morgan fingerprint density at radius 3 is 1.96 bits per heavy atom. The molecule has 8 heteroatoms. The van der Waals surface area contributed by atoms with Crippen molar-refractivity contribution in [1.29, 1.82) is 0 Å². The van der Waals surface area contributed by atoms with Gasteiger partial charge in [-0.3, -0.25) is 24.1 Å². The molecule has 45 heavy (non-hydrogen) atoms. The summed E-state index contributed by atoms with van der Waals surface area (Å²) in [6.07, 6.45) is 0.545. The van der Waals surface area contributed by atoms with Crippen LogP contribution in [-0.4, -0.2) is 44.9 Å². The maximum absolute atomic E-state index is 14.1. The number of hydrogen-bond donors (Lipinski definition) is 1. The third kappa shape index (κ3) is 4.77. The van der Waals surface area contributed by atoms with Gasteiger partial charge >= 0.3 is 0 Å². The predicted molar refractivity (Wildman–Crippen MR) is 172 cm³/mol. The van der Waals surface area contributed by atoms with E-state index in [1.807, 2.05) is 80.6 Å². The first kappa shape index (κ1) is 27.9. The molecule has 4 aromatic carbocycles. The first-order valence-corrected chi connectivity index (χ1v) is 14.6. The summed E-state index contributed by atoms with van der Waals surface area (Å²) in [7, 11) is 0. The Hall–Kier alpha value is -5.89. The van der Waals surface area contributed by atoms with Crippen LogP contribution in [0.5, 0.6) is 0 Å². The van der Waals surface area contributed by atoms with E-state index in [0.29, 0.717) is 28.8 Å². The largest absolute Gasteiger partial charge is 0.324 e. The van der Waals surface area contributed by atoms with Crippen LogP contribution in [0.1, 0.15) is 49.3 Å². The van der Waals surface area contributed by atoms with E-state index in [-0.39, 0.29) is 5.91 Å². The second-order valence-corrected chi connectivity index (χ2v) is 11.3. The summed E-state index contributed by atoms with van der Waals surface area (Å²) in [6.45, 7) is 3.41. The van der Waals surface area contributed by atoms with Crippen molar-refractivity contribution in [2.24, 2.45) is 0 Å². The van der Waals surface area contributed by atoms with Gasteiger partial charge in [0.05, 0.1) is 16.8 Å². The van der Waals surface area contributed by atoms with Crippen LogP contribution in [-0.2, 0) is 11.2 Å². The van der Waals surface area contributed by atoms with E-state index >= 15 is 0 Å². The number of fused-ring (bicyclic) bond motifs is 2. The van der Waals surface area contributed by atoms with Gasteiger partial charge in [0.15, 0.2) is 0 Å². The smallest absolute Gasteiger partial charge is 0.279 e. The first-order valence-electron chi connectivity index (χ1n) is 14.6. The molecule has 1 aromatic heterocycles. The molecule has 3 amide bonds. The van der Waals surface area contributed by atoms with Crippen LogP contribution in [0, 0.1) is 6.92 Å². The third-order valence-corrected chi connectivity index (χ3v) is 8.33. The average Bonchev–Trinajstić information content (AvgIpc) is 3.55. The molecular weight excluding hydrogens is 564 g/mol. The molecule has 220 valence electrons. The monoisotopic (exact) mass is 592 g/mol. The molecule has 3 heterocycles. The number of nitrogens with zero attached hydrogens (tertiary/aromatic N) is 3. The Bertz CT molecular complexity index is 2040. The summed E-state index contributed by atoms with van der Waals surface area (Å²) in [4.78, 5) is 53.4. The Labute approximate surface area is 259 Å². The number of carbonyl (C=O) groups is 4. The second-order valence-electron chi connectivity index (χ2n) is 11.3. The van der Waals surface area contributed by atoms with Crippen LogP contribution < -0.4 is 5.32 Å². The van der Waals surface area contributed by atoms with E-state index in [9.17, 15) is 19.2 Å². The number of imide groups is 1. The molecule has 0 spiro atoms. The number of anilines is 1. The van der Waals surface area contributed by atoms with Gasteiger partial charge in [0.25, 0.3) is 17.7 Å². The van der Waals surface area contributed by atoms with Crippen molar-refractivity contribution >= 4 is 34.9 Å². The zero-order valence-corrected chi connectivity index (χ0v) is 24.7. The van der Waals surface area contributed by atoms with Crippen molar-refractivity contribution in [3.05, 3.63) is 137 Å². The van der Waals surface area contributed by atoms with Crippen LogP contribution in [0.25, 0.3) is 28.0 Å². The molecule has 8 nitrogen and oxygen atoms in total. The summed E-state index contributed by atoms with van der Waals surface area (Å²) >= 11 is 0. The van der Waals surface area contributed by atoms with E-state index in [0.717, 1.165) is 49.7 Å². The Balaban J connectivity index is 1.16. The molecule has 0 fully saturated rings. The van der Waals surface area contributed by atoms with E-state index in [4.69, 9.17) is 5.10 Å². The zero-order valence-electron chi connectivity index (χ0n) is 24.7. The molecule has 0 unspecified atom stereocenters. The number of nitrogens with one attached hydrogen (secondary N) is 1. The van der Waals surface area contributed by atoms with E-state index in [2.05, 4.69) is 5.32 Å². The van der Waals surface area contributed by atoms with Crippen molar-refractivity contribution in [3.63, 3.8) is 0 Å². The number of aryl methyl sites for hydroxylation is 1. The van der Waals surface area contributed by atoms with Gasteiger partial charge in [-0.2, -0.15) is 9.78 Å². The minimum absolute atomic E-state index is 0.213. The lowest BCUT2D eigenvalue weighted by Gasteiger charge is -2.21. The molecular formula is C37H28N4O4.